The Morgan fingerprint density at radius 3 is 2.88 bits per heavy atom. The molecular formula is C12H10ClIO2. The Hall–Kier alpha value is -0.550. The van der Waals surface area contributed by atoms with Crippen molar-refractivity contribution in [1.29, 1.82) is 0 Å². The average Bonchev–Trinajstić information content (AvgIpc) is 2.33. The number of ether oxygens (including phenoxy) is 1. The minimum Gasteiger partial charge on any atom is -0.501 e. The molecule has 1 aromatic rings. The Morgan fingerprint density at radius 2 is 2.25 bits per heavy atom. The van der Waals surface area contributed by atoms with Crippen molar-refractivity contribution in [2.24, 2.45) is 0 Å². The van der Waals surface area contributed by atoms with Crippen LogP contribution in [0.15, 0.2) is 30.0 Å². The summed E-state index contributed by atoms with van der Waals surface area (Å²) in [6, 6.07) is 5.35. The van der Waals surface area contributed by atoms with Gasteiger partial charge < -0.3 is 4.74 Å². The predicted octanol–water partition coefficient (Wildman–Crippen LogP) is 3.82. The third-order valence-electron chi connectivity index (χ3n) is 2.41. The maximum Gasteiger partial charge on any atom is 0.192 e. The molecule has 1 aliphatic rings. The zero-order valence-electron chi connectivity index (χ0n) is 8.50. The highest BCUT2D eigenvalue weighted by molar-refractivity contribution is 14.1. The second kappa shape index (κ2) is 5.19. The van der Waals surface area contributed by atoms with E-state index >= 15 is 0 Å². The fraction of sp³-hybridized carbons (Fsp3) is 0.250. The van der Waals surface area contributed by atoms with Crippen LogP contribution in [0.2, 0.25) is 5.02 Å². The van der Waals surface area contributed by atoms with Gasteiger partial charge >= 0.3 is 0 Å². The Kier molecular flexibility index (Phi) is 3.86. The van der Waals surface area contributed by atoms with Gasteiger partial charge in [-0.15, -0.1) is 0 Å². The van der Waals surface area contributed by atoms with Gasteiger partial charge in [0.25, 0.3) is 0 Å². The summed E-state index contributed by atoms with van der Waals surface area (Å²) in [5.74, 6) is 0.0120. The van der Waals surface area contributed by atoms with Gasteiger partial charge in [0, 0.05) is 14.7 Å². The summed E-state index contributed by atoms with van der Waals surface area (Å²) in [4.78, 5) is 12.1. The summed E-state index contributed by atoms with van der Waals surface area (Å²) < 4.78 is 6.11. The molecule has 2 nitrogen and oxygen atoms in total. The highest BCUT2D eigenvalue weighted by atomic mass is 127. The molecule has 0 radical (unpaired) electrons. The molecule has 0 fully saturated rings. The van der Waals surface area contributed by atoms with Gasteiger partial charge in [-0.25, -0.2) is 0 Å². The number of Topliss-reactive ketones (excluding diaryl/α,β-unsaturated/α-hetero) is 1. The number of hydrogen-bond acceptors (Lipinski definition) is 2. The van der Waals surface area contributed by atoms with Crippen LogP contribution in [0.5, 0.6) is 0 Å². The predicted molar refractivity (Wildman–Crippen MR) is 71.8 cm³/mol. The van der Waals surface area contributed by atoms with Crippen LogP contribution >= 0.6 is 34.2 Å². The highest BCUT2D eigenvalue weighted by Gasteiger charge is 2.16. The molecule has 0 saturated heterocycles. The van der Waals surface area contributed by atoms with Gasteiger partial charge in [-0.2, -0.15) is 0 Å². The number of ketones is 1. The van der Waals surface area contributed by atoms with Crippen LogP contribution in [0, 0.1) is 3.57 Å². The Labute approximate surface area is 113 Å². The summed E-state index contributed by atoms with van der Waals surface area (Å²) in [5, 5.41) is 0.615. The number of benzene rings is 1. The number of carbonyl (C=O) groups excluding carboxylic acids is 1. The van der Waals surface area contributed by atoms with E-state index in [9.17, 15) is 4.79 Å². The number of hydrogen-bond donors (Lipinski definition) is 0. The van der Waals surface area contributed by atoms with E-state index in [2.05, 4.69) is 22.6 Å². The summed E-state index contributed by atoms with van der Waals surface area (Å²) in [7, 11) is 0. The number of rotatable bonds is 2. The summed E-state index contributed by atoms with van der Waals surface area (Å²) in [5.41, 5.74) is 1.35. The first-order valence-electron chi connectivity index (χ1n) is 4.99. The van der Waals surface area contributed by atoms with Crippen LogP contribution < -0.4 is 0 Å². The lowest BCUT2D eigenvalue weighted by Gasteiger charge is -2.12. The van der Waals surface area contributed by atoms with E-state index in [1.807, 2.05) is 6.07 Å². The zero-order valence-corrected chi connectivity index (χ0v) is 11.4. The number of carbonyl (C=O) groups is 1. The number of halogens is 2. The molecule has 16 heavy (non-hydrogen) atoms. The molecule has 0 atom stereocenters. The fourth-order valence-electron chi connectivity index (χ4n) is 1.55. The van der Waals surface area contributed by atoms with Gasteiger partial charge in [-0.3, -0.25) is 4.79 Å². The van der Waals surface area contributed by atoms with Crippen molar-refractivity contribution in [2.75, 3.05) is 6.61 Å². The fourth-order valence-corrected chi connectivity index (χ4v) is 2.07. The van der Waals surface area contributed by atoms with E-state index in [0.717, 1.165) is 22.0 Å². The first-order chi connectivity index (χ1) is 7.68. The molecule has 0 amide bonds. The Balaban J connectivity index is 2.26. The molecule has 0 spiro atoms. The monoisotopic (exact) mass is 348 g/mol. The van der Waals surface area contributed by atoms with Gasteiger partial charge in [0.2, 0.25) is 0 Å². The molecule has 0 bridgehead atoms. The molecule has 4 heteroatoms. The zero-order chi connectivity index (χ0) is 11.5. The van der Waals surface area contributed by atoms with Crippen molar-refractivity contribution < 1.29 is 9.53 Å². The first kappa shape index (κ1) is 11.9. The van der Waals surface area contributed by atoms with Crippen molar-refractivity contribution in [3.05, 3.63) is 44.2 Å². The molecule has 1 aliphatic heterocycles. The standard InChI is InChI=1S/C12H10ClIO2/c13-10-6-8(3-4-11(10)14)12(15)9-2-1-5-16-7-9/h3-4,6-7H,1-2,5H2. The summed E-state index contributed by atoms with van der Waals surface area (Å²) in [6.07, 6.45) is 3.25. The lowest BCUT2D eigenvalue weighted by atomic mass is 10.00. The highest BCUT2D eigenvalue weighted by Crippen LogP contribution is 2.23. The molecule has 0 aliphatic carbocycles. The second-order valence-electron chi connectivity index (χ2n) is 3.58. The van der Waals surface area contributed by atoms with Crippen molar-refractivity contribution in [3.63, 3.8) is 0 Å². The van der Waals surface area contributed by atoms with E-state index in [-0.39, 0.29) is 5.78 Å². The van der Waals surface area contributed by atoms with Crippen molar-refractivity contribution >= 4 is 40.0 Å². The van der Waals surface area contributed by atoms with E-state index < -0.39 is 0 Å². The van der Waals surface area contributed by atoms with Gasteiger partial charge in [0.15, 0.2) is 5.78 Å². The first-order valence-corrected chi connectivity index (χ1v) is 6.44. The third-order valence-corrected chi connectivity index (χ3v) is 3.98. The molecule has 1 heterocycles. The largest absolute Gasteiger partial charge is 0.501 e. The van der Waals surface area contributed by atoms with Crippen LogP contribution in [0.1, 0.15) is 23.2 Å². The molecule has 0 saturated carbocycles. The second-order valence-corrected chi connectivity index (χ2v) is 5.14. The third kappa shape index (κ3) is 2.58. The smallest absolute Gasteiger partial charge is 0.192 e. The Bertz CT molecular complexity index is 454. The van der Waals surface area contributed by atoms with E-state index in [1.54, 1.807) is 18.4 Å². The quantitative estimate of drug-likeness (QED) is 0.600. The normalized spacial score (nSPS) is 15.2. The van der Waals surface area contributed by atoms with Gasteiger partial charge in [-0.1, -0.05) is 11.6 Å². The molecule has 0 N–H and O–H groups in total. The van der Waals surface area contributed by atoms with E-state index in [1.165, 1.54) is 0 Å². The molecule has 0 unspecified atom stereocenters. The topological polar surface area (TPSA) is 26.3 Å². The summed E-state index contributed by atoms with van der Waals surface area (Å²) >= 11 is 8.12. The van der Waals surface area contributed by atoms with E-state index in [4.69, 9.17) is 16.3 Å². The molecule has 2 rings (SSSR count). The molecule has 0 aromatic heterocycles. The van der Waals surface area contributed by atoms with Gasteiger partial charge in [-0.05, 0) is 53.6 Å². The van der Waals surface area contributed by atoms with Crippen LogP contribution in [-0.4, -0.2) is 12.4 Å². The van der Waals surface area contributed by atoms with Crippen molar-refractivity contribution in [1.82, 2.24) is 0 Å². The summed E-state index contributed by atoms with van der Waals surface area (Å²) in [6.45, 7) is 0.699. The average molecular weight is 349 g/mol. The van der Waals surface area contributed by atoms with Crippen LogP contribution in [0.25, 0.3) is 0 Å². The number of allylic oxidation sites excluding steroid dienone is 1. The Morgan fingerprint density at radius 1 is 1.44 bits per heavy atom. The maximum atomic E-state index is 12.1. The maximum absolute atomic E-state index is 12.1. The van der Waals surface area contributed by atoms with Crippen molar-refractivity contribution in [2.45, 2.75) is 12.8 Å². The SMILES string of the molecule is O=C(C1=COCCC1)c1ccc(I)c(Cl)c1. The lowest BCUT2D eigenvalue weighted by molar-refractivity contribution is 0.101. The van der Waals surface area contributed by atoms with Crippen LogP contribution in [0.3, 0.4) is 0 Å². The van der Waals surface area contributed by atoms with Crippen LogP contribution in [-0.2, 0) is 4.74 Å². The molecule has 1 aromatic carbocycles. The van der Waals surface area contributed by atoms with Crippen molar-refractivity contribution in [3.8, 4) is 0 Å². The lowest BCUT2D eigenvalue weighted by Crippen LogP contribution is -2.09. The van der Waals surface area contributed by atoms with E-state index in [0.29, 0.717) is 17.2 Å². The van der Waals surface area contributed by atoms with Crippen LogP contribution in [0.4, 0.5) is 0 Å². The minimum absolute atomic E-state index is 0.0120. The molecular weight excluding hydrogens is 338 g/mol. The minimum atomic E-state index is 0.0120. The molecule has 84 valence electrons. The van der Waals surface area contributed by atoms with Gasteiger partial charge in [0.1, 0.15) is 0 Å². The van der Waals surface area contributed by atoms with Gasteiger partial charge in [0.05, 0.1) is 17.9 Å².